The zero-order chi connectivity index (χ0) is 18.2. The van der Waals surface area contributed by atoms with Gasteiger partial charge in [0, 0.05) is 6.54 Å². The molecule has 132 valence electrons. The van der Waals surface area contributed by atoms with Gasteiger partial charge in [-0.25, -0.2) is 9.18 Å². The second-order valence-corrected chi connectivity index (χ2v) is 5.41. The van der Waals surface area contributed by atoms with Crippen molar-refractivity contribution in [3.8, 4) is 5.75 Å². The van der Waals surface area contributed by atoms with Crippen LogP contribution in [0.25, 0.3) is 0 Å². The number of urea groups is 1. The fourth-order valence-electron chi connectivity index (χ4n) is 2.12. The highest BCUT2D eigenvalue weighted by Crippen LogP contribution is 2.24. The summed E-state index contributed by atoms with van der Waals surface area (Å²) in [6.45, 7) is 1.95. The third-order valence-electron chi connectivity index (χ3n) is 3.40. The van der Waals surface area contributed by atoms with Gasteiger partial charge in [0.15, 0.2) is 0 Å². The average molecular weight is 345 g/mol. The molecule has 2 aromatic rings. The lowest BCUT2D eigenvalue weighted by Gasteiger charge is -2.12. The van der Waals surface area contributed by atoms with E-state index in [4.69, 9.17) is 4.74 Å². The molecule has 2 aromatic carbocycles. The summed E-state index contributed by atoms with van der Waals surface area (Å²) in [7, 11) is 1.52. The van der Waals surface area contributed by atoms with Crippen molar-refractivity contribution in [2.24, 2.45) is 0 Å². The zero-order valence-corrected chi connectivity index (χ0v) is 14.1. The maximum atomic E-state index is 12.8. The average Bonchev–Trinajstić information content (AvgIpc) is 2.59. The molecule has 3 amide bonds. The summed E-state index contributed by atoms with van der Waals surface area (Å²) >= 11 is 0. The molecular formula is C18H20FN3O3. The van der Waals surface area contributed by atoms with Gasteiger partial charge in [-0.05, 0) is 42.3 Å². The number of nitrogens with one attached hydrogen (secondary N) is 3. The molecule has 0 saturated heterocycles. The number of hydrogen-bond acceptors (Lipinski definition) is 3. The first kappa shape index (κ1) is 18.3. The van der Waals surface area contributed by atoms with Crippen LogP contribution in [0, 0.1) is 12.7 Å². The molecule has 0 radical (unpaired) electrons. The molecule has 0 spiro atoms. The van der Waals surface area contributed by atoms with Gasteiger partial charge in [-0.2, -0.15) is 0 Å². The first-order valence-corrected chi connectivity index (χ1v) is 7.68. The van der Waals surface area contributed by atoms with Gasteiger partial charge in [-0.3, -0.25) is 4.79 Å². The van der Waals surface area contributed by atoms with E-state index in [0.29, 0.717) is 11.4 Å². The van der Waals surface area contributed by atoms with Crippen LogP contribution in [0.3, 0.4) is 0 Å². The molecule has 0 saturated carbocycles. The Bertz CT molecular complexity index is 748. The molecule has 7 heteroatoms. The summed E-state index contributed by atoms with van der Waals surface area (Å²) in [5, 5.41) is 7.74. The van der Waals surface area contributed by atoms with Crippen LogP contribution in [0.5, 0.6) is 5.75 Å². The van der Waals surface area contributed by atoms with Crippen LogP contribution in [0.15, 0.2) is 42.5 Å². The molecule has 0 fully saturated rings. The van der Waals surface area contributed by atoms with Gasteiger partial charge in [-0.15, -0.1) is 0 Å². The number of benzene rings is 2. The number of rotatable bonds is 6. The van der Waals surface area contributed by atoms with Crippen molar-refractivity contribution in [1.29, 1.82) is 0 Å². The van der Waals surface area contributed by atoms with Gasteiger partial charge in [-0.1, -0.05) is 18.2 Å². The highest BCUT2D eigenvalue weighted by atomic mass is 19.1. The second kappa shape index (κ2) is 8.68. The Balaban J connectivity index is 1.78. The van der Waals surface area contributed by atoms with E-state index in [-0.39, 0.29) is 24.8 Å². The van der Waals surface area contributed by atoms with Crippen LogP contribution < -0.4 is 20.7 Å². The van der Waals surface area contributed by atoms with Gasteiger partial charge >= 0.3 is 6.03 Å². The molecule has 3 N–H and O–H groups in total. The molecular weight excluding hydrogens is 325 g/mol. The number of aryl methyl sites for hydroxylation is 1. The Kier molecular flexibility index (Phi) is 6.33. The number of amides is 3. The van der Waals surface area contributed by atoms with E-state index in [2.05, 4.69) is 16.0 Å². The maximum absolute atomic E-state index is 12.8. The quantitative estimate of drug-likeness (QED) is 0.753. The Morgan fingerprint density at radius 1 is 1.08 bits per heavy atom. The van der Waals surface area contributed by atoms with Crippen molar-refractivity contribution in [2.45, 2.75) is 13.5 Å². The highest BCUT2D eigenvalue weighted by molar-refractivity contribution is 5.95. The van der Waals surface area contributed by atoms with Crippen molar-refractivity contribution in [1.82, 2.24) is 10.6 Å². The summed E-state index contributed by atoms with van der Waals surface area (Å²) < 4.78 is 18.0. The summed E-state index contributed by atoms with van der Waals surface area (Å²) in [6.07, 6.45) is 0. The van der Waals surface area contributed by atoms with Crippen LogP contribution in [0.2, 0.25) is 0 Å². The predicted molar refractivity (Wildman–Crippen MR) is 93.0 cm³/mol. The first-order chi connectivity index (χ1) is 12.0. The van der Waals surface area contributed by atoms with E-state index in [1.807, 2.05) is 13.0 Å². The monoisotopic (exact) mass is 345 g/mol. The number of ether oxygens (including phenoxy) is 1. The SMILES string of the molecule is COc1ccc(C)cc1NC(=O)CNC(=O)NCc1ccc(F)cc1. The number of anilines is 1. The largest absolute Gasteiger partial charge is 0.495 e. The van der Waals surface area contributed by atoms with Gasteiger partial charge in [0.2, 0.25) is 5.91 Å². The minimum atomic E-state index is -0.490. The second-order valence-electron chi connectivity index (χ2n) is 5.41. The number of carbonyl (C=O) groups excluding carboxylic acids is 2. The van der Waals surface area contributed by atoms with Crippen molar-refractivity contribution < 1.29 is 18.7 Å². The lowest BCUT2D eigenvalue weighted by atomic mass is 10.2. The molecule has 0 aliphatic carbocycles. The summed E-state index contributed by atoms with van der Waals surface area (Å²) in [5.41, 5.74) is 2.27. The predicted octanol–water partition coefficient (Wildman–Crippen LogP) is 2.58. The van der Waals surface area contributed by atoms with Gasteiger partial charge in [0.1, 0.15) is 11.6 Å². The van der Waals surface area contributed by atoms with E-state index >= 15 is 0 Å². The van der Waals surface area contributed by atoms with Gasteiger partial charge < -0.3 is 20.7 Å². The zero-order valence-electron chi connectivity index (χ0n) is 14.1. The Morgan fingerprint density at radius 3 is 2.48 bits per heavy atom. The fourth-order valence-corrected chi connectivity index (χ4v) is 2.12. The van der Waals surface area contributed by atoms with Crippen LogP contribution in [0.1, 0.15) is 11.1 Å². The molecule has 0 unspecified atom stereocenters. The number of hydrogen-bond donors (Lipinski definition) is 3. The molecule has 6 nitrogen and oxygen atoms in total. The first-order valence-electron chi connectivity index (χ1n) is 7.68. The Morgan fingerprint density at radius 2 is 1.80 bits per heavy atom. The lowest BCUT2D eigenvalue weighted by Crippen LogP contribution is -2.39. The Labute approximate surface area is 145 Å². The third-order valence-corrected chi connectivity index (χ3v) is 3.40. The molecule has 0 heterocycles. The molecule has 0 aliphatic rings. The topological polar surface area (TPSA) is 79.5 Å². The molecule has 25 heavy (non-hydrogen) atoms. The highest BCUT2D eigenvalue weighted by Gasteiger charge is 2.09. The van der Waals surface area contributed by atoms with Crippen LogP contribution >= 0.6 is 0 Å². The van der Waals surface area contributed by atoms with Crippen LogP contribution in [-0.4, -0.2) is 25.6 Å². The van der Waals surface area contributed by atoms with E-state index in [9.17, 15) is 14.0 Å². The molecule has 0 bridgehead atoms. The summed E-state index contributed by atoms with van der Waals surface area (Å²) in [5.74, 6) is -0.169. The van der Waals surface area contributed by atoms with E-state index in [1.165, 1.54) is 19.2 Å². The lowest BCUT2D eigenvalue weighted by molar-refractivity contribution is -0.115. The van der Waals surface area contributed by atoms with Gasteiger partial charge in [0.25, 0.3) is 0 Å². The van der Waals surface area contributed by atoms with Crippen molar-refractivity contribution in [2.75, 3.05) is 19.0 Å². The minimum Gasteiger partial charge on any atom is -0.495 e. The standard InChI is InChI=1S/C18H20FN3O3/c1-12-3-8-16(25-2)15(9-12)22-17(23)11-21-18(24)20-10-13-4-6-14(19)7-5-13/h3-9H,10-11H2,1-2H3,(H,22,23)(H2,20,21,24). The third kappa shape index (κ3) is 5.80. The summed E-state index contributed by atoms with van der Waals surface area (Å²) in [4.78, 5) is 23.7. The fraction of sp³-hybridized carbons (Fsp3) is 0.222. The molecule has 2 rings (SSSR count). The number of methoxy groups -OCH3 is 1. The summed E-state index contributed by atoms with van der Waals surface area (Å²) in [6, 6.07) is 10.7. The van der Waals surface area contributed by atoms with Gasteiger partial charge in [0.05, 0.1) is 19.3 Å². The molecule has 0 aliphatic heterocycles. The van der Waals surface area contributed by atoms with Crippen LogP contribution in [-0.2, 0) is 11.3 Å². The van der Waals surface area contributed by atoms with Crippen LogP contribution in [0.4, 0.5) is 14.9 Å². The number of halogens is 1. The van der Waals surface area contributed by atoms with E-state index in [0.717, 1.165) is 11.1 Å². The van der Waals surface area contributed by atoms with E-state index < -0.39 is 6.03 Å². The maximum Gasteiger partial charge on any atom is 0.315 e. The van der Waals surface area contributed by atoms with Crippen molar-refractivity contribution >= 4 is 17.6 Å². The van der Waals surface area contributed by atoms with Crippen molar-refractivity contribution in [3.05, 3.63) is 59.4 Å². The minimum absolute atomic E-state index is 0.188. The Hall–Kier alpha value is -3.09. The normalized spacial score (nSPS) is 10.0. The molecule has 0 atom stereocenters. The smallest absolute Gasteiger partial charge is 0.315 e. The number of carbonyl (C=O) groups is 2. The van der Waals surface area contributed by atoms with E-state index in [1.54, 1.807) is 24.3 Å². The van der Waals surface area contributed by atoms with Crippen molar-refractivity contribution in [3.63, 3.8) is 0 Å². The molecule has 0 aromatic heterocycles.